The Balaban J connectivity index is 1.75. The van der Waals surface area contributed by atoms with Crippen LogP contribution in [-0.2, 0) is 11.3 Å². The van der Waals surface area contributed by atoms with Crippen molar-refractivity contribution < 1.29 is 18.7 Å². The summed E-state index contributed by atoms with van der Waals surface area (Å²) in [5, 5.41) is 7.18. The van der Waals surface area contributed by atoms with Gasteiger partial charge in [0, 0.05) is 11.4 Å². The topological polar surface area (TPSA) is 72.7 Å². The lowest BCUT2D eigenvalue weighted by Crippen LogP contribution is -2.38. The molecule has 0 aliphatic heterocycles. The fraction of sp³-hybridized carbons (Fsp3) is 0.526. The number of carbonyl (C=O) groups excluding carboxylic acids is 1. The second-order valence-corrected chi connectivity index (χ2v) is 7.10. The average molecular weight is 348 g/mol. The molecule has 1 aromatic heterocycles. The van der Waals surface area contributed by atoms with Crippen LogP contribution in [0.3, 0.4) is 0 Å². The van der Waals surface area contributed by atoms with E-state index in [0.29, 0.717) is 6.54 Å². The minimum Gasteiger partial charge on any atom is -0.493 e. The number of fused-ring (bicyclic) bond motifs is 1. The fourth-order valence-electron chi connectivity index (χ4n) is 2.45. The molecule has 2 N–H and O–H groups in total. The third-order valence-corrected chi connectivity index (χ3v) is 3.60. The molecular formula is C19H28N2O4. The van der Waals surface area contributed by atoms with E-state index < -0.39 is 5.60 Å². The number of nitrogens with one attached hydrogen (secondary N) is 2. The first-order chi connectivity index (χ1) is 11.8. The Labute approximate surface area is 148 Å². The minimum atomic E-state index is -0.482. The molecule has 2 rings (SSSR count). The van der Waals surface area contributed by atoms with Crippen molar-refractivity contribution in [1.29, 1.82) is 0 Å². The number of ether oxygens (including phenoxy) is 2. The number of carbonyl (C=O) groups is 1. The third kappa shape index (κ3) is 5.98. The normalized spacial score (nSPS) is 12.8. The van der Waals surface area contributed by atoms with Crippen LogP contribution in [0.2, 0.25) is 0 Å². The van der Waals surface area contributed by atoms with E-state index in [0.717, 1.165) is 35.4 Å². The van der Waals surface area contributed by atoms with E-state index in [9.17, 15) is 4.79 Å². The van der Waals surface area contributed by atoms with Crippen LogP contribution in [0.1, 0.15) is 39.9 Å². The highest BCUT2D eigenvalue weighted by Gasteiger charge is 2.17. The number of para-hydroxylation sites is 1. The number of hydrogen-bond acceptors (Lipinski definition) is 5. The van der Waals surface area contributed by atoms with Gasteiger partial charge in [-0.15, -0.1) is 0 Å². The number of amides is 1. The summed E-state index contributed by atoms with van der Waals surface area (Å²) in [6, 6.07) is 7.86. The molecule has 1 unspecified atom stereocenters. The largest absolute Gasteiger partial charge is 0.493 e. The maximum absolute atomic E-state index is 11.7. The summed E-state index contributed by atoms with van der Waals surface area (Å²) < 4.78 is 16.4. The van der Waals surface area contributed by atoms with E-state index in [1.54, 1.807) is 7.11 Å². The number of methoxy groups -OCH3 is 1. The SMILES string of the molecule is COc1cccc2cc(CNCCC(C)NC(=O)OC(C)(C)C)oc12. The molecule has 0 saturated carbocycles. The second kappa shape index (κ2) is 8.25. The third-order valence-electron chi connectivity index (χ3n) is 3.60. The molecule has 1 amide bonds. The van der Waals surface area contributed by atoms with Gasteiger partial charge in [0.05, 0.1) is 13.7 Å². The van der Waals surface area contributed by atoms with Crippen LogP contribution in [0.15, 0.2) is 28.7 Å². The lowest BCUT2D eigenvalue weighted by atomic mass is 10.2. The van der Waals surface area contributed by atoms with E-state index in [1.807, 2.05) is 52.0 Å². The minimum absolute atomic E-state index is 0.0260. The number of rotatable bonds is 7. The molecule has 0 aliphatic rings. The monoisotopic (exact) mass is 348 g/mol. The van der Waals surface area contributed by atoms with Gasteiger partial charge in [0.2, 0.25) is 0 Å². The molecule has 25 heavy (non-hydrogen) atoms. The summed E-state index contributed by atoms with van der Waals surface area (Å²) in [5.41, 5.74) is 0.284. The summed E-state index contributed by atoms with van der Waals surface area (Å²) in [6.07, 6.45) is 0.410. The predicted octanol–water partition coefficient (Wildman–Crippen LogP) is 3.83. The molecule has 0 bridgehead atoms. The Bertz CT molecular complexity index is 703. The molecule has 0 aliphatic carbocycles. The highest BCUT2D eigenvalue weighted by Crippen LogP contribution is 2.28. The van der Waals surface area contributed by atoms with Crippen molar-refractivity contribution in [3.8, 4) is 5.75 Å². The lowest BCUT2D eigenvalue weighted by Gasteiger charge is -2.22. The molecule has 2 aromatic rings. The van der Waals surface area contributed by atoms with Gasteiger partial charge in [-0.3, -0.25) is 0 Å². The number of furan rings is 1. The van der Waals surface area contributed by atoms with Gasteiger partial charge in [-0.2, -0.15) is 0 Å². The van der Waals surface area contributed by atoms with Gasteiger partial charge in [-0.1, -0.05) is 12.1 Å². The van der Waals surface area contributed by atoms with Crippen molar-refractivity contribution in [3.05, 3.63) is 30.0 Å². The van der Waals surface area contributed by atoms with Crippen LogP contribution in [0.4, 0.5) is 4.79 Å². The van der Waals surface area contributed by atoms with Crippen LogP contribution in [0, 0.1) is 0 Å². The predicted molar refractivity (Wildman–Crippen MR) is 97.9 cm³/mol. The Kier molecular flexibility index (Phi) is 6.31. The Hall–Kier alpha value is -2.21. The molecule has 0 radical (unpaired) electrons. The van der Waals surface area contributed by atoms with Gasteiger partial charge in [-0.25, -0.2) is 4.79 Å². The first-order valence-corrected chi connectivity index (χ1v) is 8.54. The quantitative estimate of drug-likeness (QED) is 0.744. The molecule has 1 atom stereocenters. The highest BCUT2D eigenvalue weighted by molar-refractivity contribution is 5.83. The van der Waals surface area contributed by atoms with Crippen LogP contribution in [0.5, 0.6) is 5.75 Å². The molecule has 0 fully saturated rings. The number of benzene rings is 1. The molecule has 1 heterocycles. The Morgan fingerprint density at radius 3 is 2.76 bits per heavy atom. The lowest BCUT2D eigenvalue weighted by molar-refractivity contribution is 0.0506. The molecular weight excluding hydrogens is 320 g/mol. The summed E-state index contributed by atoms with van der Waals surface area (Å²) in [4.78, 5) is 11.7. The van der Waals surface area contributed by atoms with Crippen molar-refractivity contribution >= 4 is 17.1 Å². The van der Waals surface area contributed by atoms with E-state index in [4.69, 9.17) is 13.9 Å². The van der Waals surface area contributed by atoms with Crippen molar-refractivity contribution in [2.24, 2.45) is 0 Å². The van der Waals surface area contributed by atoms with Gasteiger partial charge in [0.1, 0.15) is 11.4 Å². The van der Waals surface area contributed by atoms with Gasteiger partial charge in [0.25, 0.3) is 0 Å². The van der Waals surface area contributed by atoms with E-state index in [2.05, 4.69) is 10.6 Å². The van der Waals surface area contributed by atoms with Crippen molar-refractivity contribution in [3.63, 3.8) is 0 Å². The van der Waals surface area contributed by atoms with Gasteiger partial charge < -0.3 is 24.5 Å². The molecule has 0 saturated heterocycles. The van der Waals surface area contributed by atoms with E-state index >= 15 is 0 Å². The van der Waals surface area contributed by atoms with Crippen LogP contribution in [0.25, 0.3) is 11.0 Å². The van der Waals surface area contributed by atoms with Crippen LogP contribution in [-0.4, -0.2) is 31.4 Å². The van der Waals surface area contributed by atoms with Gasteiger partial charge in [-0.05, 0) is 52.8 Å². The van der Waals surface area contributed by atoms with Crippen LogP contribution < -0.4 is 15.4 Å². The van der Waals surface area contributed by atoms with Crippen molar-refractivity contribution in [2.75, 3.05) is 13.7 Å². The zero-order valence-corrected chi connectivity index (χ0v) is 15.6. The number of alkyl carbamates (subject to hydrolysis) is 1. The summed E-state index contributed by atoms with van der Waals surface area (Å²) >= 11 is 0. The zero-order valence-electron chi connectivity index (χ0n) is 15.6. The van der Waals surface area contributed by atoms with Gasteiger partial charge >= 0.3 is 6.09 Å². The fourth-order valence-corrected chi connectivity index (χ4v) is 2.45. The van der Waals surface area contributed by atoms with Crippen molar-refractivity contribution in [1.82, 2.24) is 10.6 Å². The molecule has 1 aromatic carbocycles. The number of hydrogen-bond donors (Lipinski definition) is 2. The van der Waals surface area contributed by atoms with Gasteiger partial charge in [0.15, 0.2) is 11.3 Å². The van der Waals surface area contributed by atoms with E-state index in [1.165, 1.54) is 0 Å². The Morgan fingerprint density at radius 2 is 2.08 bits per heavy atom. The first-order valence-electron chi connectivity index (χ1n) is 8.54. The Morgan fingerprint density at radius 1 is 1.32 bits per heavy atom. The standard InChI is InChI=1S/C19H28N2O4/c1-13(21-18(22)25-19(2,3)4)9-10-20-12-15-11-14-7-6-8-16(23-5)17(14)24-15/h6-8,11,13,20H,9-10,12H2,1-5H3,(H,21,22). The maximum atomic E-state index is 11.7. The smallest absolute Gasteiger partial charge is 0.407 e. The van der Waals surface area contributed by atoms with Crippen molar-refractivity contribution in [2.45, 2.75) is 52.3 Å². The molecule has 6 nitrogen and oxygen atoms in total. The zero-order chi connectivity index (χ0) is 18.4. The molecule has 0 spiro atoms. The summed E-state index contributed by atoms with van der Waals surface area (Å²) in [5.74, 6) is 1.59. The molecule has 138 valence electrons. The molecule has 6 heteroatoms. The first kappa shape index (κ1) is 19.1. The van der Waals surface area contributed by atoms with E-state index in [-0.39, 0.29) is 12.1 Å². The maximum Gasteiger partial charge on any atom is 0.407 e. The second-order valence-electron chi connectivity index (χ2n) is 7.10. The highest BCUT2D eigenvalue weighted by atomic mass is 16.6. The summed E-state index contributed by atoms with van der Waals surface area (Å²) in [6.45, 7) is 8.88. The summed E-state index contributed by atoms with van der Waals surface area (Å²) in [7, 11) is 1.63. The average Bonchev–Trinajstić information content (AvgIpc) is 2.92. The van der Waals surface area contributed by atoms with Crippen LogP contribution >= 0.6 is 0 Å².